The maximum Gasteiger partial charge on any atom is 0.343 e. The Kier molecular flexibility index (Phi) is 4.73. The maximum absolute atomic E-state index is 12.4. The summed E-state index contributed by atoms with van der Waals surface area (Å²) in [7, 11) is 0. The van der Waals surface area contributed by atoms with Crippen LogP contribution in [0.25, 0.3) is 0 Å². The molecule has 0 radical (unpaired) electrons. The summed E-state index contributed by atoms with van der Waals surface area (Å²) in [5.41, 5.74) is -1.57. The van der Waals surface area contributed by atoms with E-state index in [1.807, 2.05) is 0 Å². The molecular weight excluding hydrogens is 334 g/mol. The van der Waals surface area contributed by atoms with Crippen molar-refractivity contribution in [3.05, 3.63) is 73.3 Å². The minimum absolute atomic E-state index is 0.0991. The van der Waals surface area contributed by atoms with Crippen molar-refractivity contribution in [3.8, 4) is 0 Å². The average molecular weight is 345 g/mol. The number of aryl methyl sites for hydroxylation is 1. The Hall–Kier alpha value is -3.82. The van der Waals surface area contributed by atoms with Crippen LogP contribution in [0.15, 0.2) is 36.4 Å². The molecule has 10 heteroatoms. The highest BCUT2D eigenvalue weighted by Gasteiger charge is 2.27. The van der Waals surface area contributed by atoms with E-state index in [2.05, 4.69) is 5.32 Å². The first-order chi connectivity index (χ1) is 11.7. The topological polar surface area (TPSA) is 153 Å². The third kappa shape index (κ3) is 3.58. The van der Waals surface area contributed by atoms with Crippen molar-refractivity contribution in [2.45, 2.75) is 6.92 Å². The number of nitrogens with one attached hydrogen (secondary N) is 1. The third-order valence-electron chi connectivity index (χ3n) is 3.38. The van der Waals surface area contributed by atoms with Crippen molar-refractivity contribution in [1.82, 2.24) is 0 Å². The molecule has 0 aliphatic heterocycles. The van der Waals surface area contributed by atoms with Gasteiger partial charge in [-0.2, -0.15) is 0 Å². The summed E-state index contributed by atoms with van der Waals surface area (Å²) in [6, 6.07) is 7.06. The zero-order valence-corrected chi connectivity index (χ0v) is 12.8. The van der Waals surface area contributed by atoms with Crippen LogP contribution in [0, 0.1) is 27.2 Å². The van der Waals surface area contributed by atoms with Crippen LogP contribution in [0.1, 0.15) is 26.3 Å². The number of nitrogens with zero attached hydrogens (tertiary/aromatic N) is 2. The number of carboxylic acids is 1. The van der Waals surface area contributed by atoms with Gasteiger partial charge in [0, 0.05) is 18.2 Å². The number of carbonyl (C=O) groups excluding carboxylic acids is 1. The summed E-state index contributed by atoms with van der Waals surface area (Å²) in [5.74, 6) is -2.56. The van der Waals surface area contributed by atoms with Crippen LogP contribution < -0.4 is 5.32 Å². The number of nitro groups is 2. The number of hydrogen-bond acceptors (Lipinski definition) is 6. The maximum atomic E-state index is 12.4. The molecule has 0 aliphatic carbocycles. The van der Waals surface area contributed by atoms with E-state index in [1.54, 1.807) is 6.92 Å². The Labute approximate surface area is 140 Å². The van der Waals surface area contributed by atoms with Crippen molar-refractivity contribution < 1.29 is 24.5 Å². The van der Waals surface area contributed by atoms with Gasteiger partial charge in [0.15, 0.2) is 0 Å². The summed E-state index contributed by atoms with van der Waals surface area (Å²) in [6.45, 7) is 1.59. The first kappa shape index (κ1) is 17.5. The lowest BCUT2D eigenvalue weighted by Gasteiger charge is -2.10. The van der Waals surface area contributed by atoms with Crippen molar-refractivity contribution in [3.63, 3.8) is 0 Å². The summed E-state index contributed by atoms with van der Waals surface area (Å²) < 4.78 is 0. The number of amides is 1. The van der Waals surface area contributed by atoms with E-state index >= 15 is 0 Å². The number of rotatable bonds is 5. The zero-order valence-electron chi connectivity index (χ0n) is 12.8. The molecule has 0 spiro atoms. The van der Waals surface area contributed by atoms with Crippen LogP contribution in [0.4, 0.5) is 17.1 Å². The van der Waals surface area contributed by atoms with Gasteiger partial charge in [0.1, 0.15) is 5.56 Å². The molecule has 0 bridgehead atoms. The fourth-order valence-electron chi connectivity index (χ4n) is 2.15. The molecule has 25 heavy (non-hydrogen) atoms. The van der Waals surface area contributed by atoms with Gasteiger partial charge in [0.25, 0.3) is 17.3 Å². The lowest BCUT2D eigenvalue weighted by atomic mass is 10.0. The molecule has 128 valence electrons. The largest absolute Gasteiger partial charge is 0.477 e. The predicted molar refractivity (Wildman–Crippen MR) is 85.8 cm³/mol. The second kappa shape index (κ2) is 6.74. The number of anilines is 1. The molecule has 0 atom stereocenters. The van der Waals surface area contributed by atoms with E-state index < -0.39 is 38.5 Å². The minimum atomic E-state index is -1.63. The van der Waals surface area contributed by atoms with Gasteiger partial charge in [-0.3, -0.25) is 25.0 Å². The highest BCUT2D eigenvalue weighted by atomic mass is 16.6. The van der Waals surface area contributed by atoms with Gasteiger partial charge in [-0.25, -0.2) is 4.79 Å². The van der Waals surface area contributed by atoms with Crippen molar-refractivity contribution >= 4 is 28.9 Å². The first-order valence-electron chi connectivity index (χ1n) is 6.79. The van der Waals surface area contributed by atoms with Crippen molar-refractivity contribution in [2.24, 2.45) is 0 Å². The Morgan fingerprint density at radius 1 is 1.08 bits per heavy atom. The Balaban J connectivity index is 2.48. The van der Waals surface area contributed by atoms with Crippen LogP contribution in [-0.4, -0.2) is 26.8 Å². The van der Waals surface area contributed by atoms with Gasteiger partial charge in [0.05, 0.1) is 21.1 Å². The highest BCUT2D eigenvalue weighted by molar-refractivity contribution is 6.12. The summed E-state index contributed by atoms with van der Waals surface area (Å²) in [4.78, 5) is 44.0. The zero-order chi connectivity index (χ0) is 18.7. The normalized spacial score (nSPS) is 10.1. The SMILES string of the molecule is Cc1ccc([N+](=O)[O-])cc1NC(=O)c1cccc([N+](=O)[O-])c1C(=O)O. The van der Waals surface area contributed by atoms with E-state index in [-0.39, 0.29) is 11.4 Å². The van der Waals surface area contributed by atoms with Gasteiger partial charge in [0.2, 0.25) is 0 Å². The molecule has 2 aromatic carbocycles. The Bertz CT molecular complexity index is 908. The van der Waals surface area contributed by atoms with E-state index in [0.717, 1.165) is 18.2 Å². The number of benzene rings is 2. The molecule has 0 unspecified atom stereocenters. The van der Waals surface area contributed by atoms with Crippen LogP contribution in [-0.2, 0) is 0 Å². The van der Waals surface area contributed by atoms with Crippen LogP contribution in [0.2, 0.25) is 0 Å². The number of hydrogen-bond donors (Lipinski definition) is 2. The van der Waals surface area contributed by atoms with Gasteiger partial charge in [-0.05, 0) is 18.6 Å². The highest BCUT2D eigenvalue weighted by Crippen LogP contribution is 2.26. The third-order valence-corrected chi connectivity index (χ3v) is 3.38. The van der Waals surface area contributed by atoms with E-state index in [0.29, 0.717) is 5.56 Å². The molecule has 0 saturated carbocycles. The Morgan fingerprint density at radius 3 is 2.32 bits per heavy atom. The average Bonchev–Trinajstić information content (AvgIpc) is 2.55. The minimum Gasteiger partial charge on any atom is -0.477 e. The number of carbonyl (C=O) groups is 2. The Morgan fingerprint density at radius 2 is 1.76 bits per heavy atom. The molecule has 0 saturated heterocycles. The number of nitro benzene ring substituents is 2. The summed E-state index contributed by atoms with van der Waals surface area (Å²) >= 11 is 0. The first-order valence-corrected chi connectivity index (χ1v) is 6.79. The van der Waals surface area contributed by atoms with E-state index in [9.17, 15) is 34.9 Å². The molecule has 0 aliphatic rings. The second-order valence-electron chi connectivity index (χ2n) is 4.97. The molecule has 0 aromatic heterocycles. The molecule has 10 nitrogen and oxygen atoms in total. The quantitative estimate of drug-likeness (QED) is 0.624. The van der Waals surface area contributed by atoms with Crippen LogP contribution in [0.3, 0.4) is 0 Å². The number of carboxylic acid groups (broad SMARTS) is 1. The molecule has 0 heterocycles. The number of non-ortho nitro benzene ring substituents is 1. The molecular formula is C15H11N3O7. The summed E-state index contributed by atoms with van der Waals surface area (Å²) in [5, 5.41) is 33.4. The van der Waals surface area contributed by atoms with Crippen LogP contribution >= 0.6 is 0 Å². The fourth-order valence-corrected chi connectivity index (χ4v) is 2.15. The number of aromatic carboxylic acids is 1. The molecule has 2 aromatic rings. The predicted octanol–water partition coefficient (Wildman–Crippen LogP) is 2.76. The molecule has 2 rings (SSSR count). The smallest absolute Gasteiger partial charge is 0.343 e. The summed E-state index contributed by atoms with van der Waals surface area (Å²) in [6.07, 6.45) is 0. The lowest BCUT2D eigenvalue weighted by molar-refractivity contribution is -0.385. The van der Waals surface area contributed by atoms with Crippen molar-refractivity contribution in [1.29, 1.82) is 0 Å². The molecule has 1 amide bonds. The fraction of sp³-hybridized carbons (Fsp3) is 0.0667. The van der Waals surface area contributed by atoms with Crippen LogP contribution in [0.5, 0.6) is 0 Å². The van der Waals surface area contributed by atoms with E-state index in [4.69, 9.17) is 0 Å². The second-order valence-corrected chi connectivity index (χ2v) is 4.97. The van der Waals surface area contributed by atoms with Gasteiger partial charge < -0.3 is 10.4 Å². The van der Waals surface area contributed by atoms with Gasteiger partial charge in [-0.15, -0.1) is 0 Å². The molecule has 0 fully saturated rings. The van der Waals surface area contributed by atoms with Gasteiger partial charge >= 0.3 is 5.97 Å². The monoisotopic (exact) mass is 345 g/mol. The molecule has 2 N–H and O–H groups in total. The standard InChI is InChI=1S/C15H11N3O7/c1-8-5-6-9(17(22)23)7-11(8)16-14(19)10-3-2-4-12(18(24)25)13(10)15(20)21/h2-7H,1H3,(H,16,19)(H,20,21). The van der Waals surface area contributed by atoms with E-state index in [1.165, 1.54) is 18.2 Å². The lowest BCUT2D eigenvalue weighted by Crippen LogP contribution is -2.18. The van der Waals surface area contributed by atoms with Crippen molar-refractivity contribution in [2.75, 3.05) is 5.32 Å². The van der Waals surface area contributed by atoms with Gasteiger partial charge in [-0.1, -0.05) is 12.1 Å².